The minimum Gasteiger partial charge on any atom is -0.325 e. The lowest BCUT2D eigenvalue weighted by Gasteiger charge is -2.11. The molecule has 0 radical (unpaired) electrons. The van der Waals surface area contributed by atoms with Crippen molar-refractivity contribution in [2.75, 3.05) is 5.32 Å². The third kappa shape index (κ3) is 4.33. The second-order valence-electron chi connectivity index (χ2n) is 3.75. The van der Waals surface area contributed by atoms with E-state index in [0.29, 0.717) is 0 Å². The fourth-order valence-electron chi connectivity index (χ4n) is 1.36. The van der Waals surface area contributed by atoms with Gasteiger partial charge in [-0.05, 0) is 24.6 Å². The number of hydrogen-bond acceptors (Lipinski definition) is 2. The molecular weight excluding hydrogens is 268 g/mol. The van der Waals surface area contributed by atoms with Crippen LogP contribution in [0.1, 0.15) is 26.2 Å². The summed E-state index contributed by atoms with van der Waals surface area (Å²) in [5.74, 6) is -0.119. The minimum atomic E-state index is -0.418. The first-order chi connectivity index (χ1) is 7.63. The molecule has 1 aromatic carbocycles. The van der Waals surface area contributed by atoms with Crippen LogP contribution in [-0.2, 0) is 4.79 Å². The van der Waals surface area contributed by atoms with E-state index in [1.54, 1.807) is 0 Å². The number of amides is 1. The van der Waals surface area contributed by atoms with Gasteiger partial charge < -0.3 is 11.1 Å². The first kappa shape index (κ1) is 13.2. The van der Waals surface area contributed by atoms with Gasteiger partial charge in [-0.3, -0.25) is 4.79 Å². The van der Waals surface area contributed by atoms with Gasteiger partial charge in [-0.2, -0.15) is 0 Å². The van der Waals surface area contributed by atoms with Crippen LogP contribution in [0.4, 0.5) is 5.69 Å². The van der Waals surface area contributed by atoms with E-state index >= 15 is 0 Å². The summed E-state index contributed by atoms with van der Waals surface area (Å²) in [5.41, 5.74) is 6.54. The number of rotatable bonds is 5. The Morgan fingerprint density at radius 1 is 1.56 bits per heavy atom. The number of unbranched alkanes of at least 4 members (excludes halogenated alkanes) is 1. The second kappa shape index (κ2) is 6.66. The topological polar surface area (TPSA) is 55.1 Å². The maximum Gasteiger partial charge on any atom is 0.241 e. The summed E-state index contributed by atoms with van der Waals surface area (Å²) < 4.78 is 0.937. The lowest BCUT2D eigenvalue weighted by molar-refractivity contribution is -0.117. The smallest absolute Gasteiger partial charge is 0.241 e. The van der Waals surface area contributed by atoms with Crippen molar-refractivity contribution in [2.45, 2.75) is 32.2 Å². The Bertz CT molecular complexity index is 355. The number of carbonyl (C=O) groups is 1. The quantitative estimate of drug-likeness (QED) is 0.874. The number of hydrogen-bond donors (Lipinski definition) is 2. The average molecular weight is 285 g/mol. The molecule has 0 saturated carbocycles. The predicted molar refractivity (Wildman–Crippen MR) is 70.3 cm³/mol. The van der Waals surface area contributed by atoms with Gasteiger partial charge in [-0.25, -0.2) is 0 Å². The Morgan fingerprint density at radius 3 is 2.94 bits per heavy atom. The third-order valence-corrected chi connectivity index (χ3v) is 2.79. The number of benzene rings is 1. The van der Waals surface area contributed by atoms with Crippen molar-refractivity contribution < 1.29 is 4.79 Å². The van der Waals surface area contributed by atoms with Gasteiger partial charge >= 0.3 is 0 Å². The van der Waals surface area contributed by atoms with Crippen LogP contribution in [0, 0.1) is 0 Å². The molecule has 3 nitrogen and oxygen atoms in total. The van der Waals surface area contributed by atoms with E-state index in [2.05, 4.69) is 28.2 Å². The Morgan fingerprint density at radius 2 is 2.31 bits per heavy atom. The highest BCUT2D eigenvalue weighted by Gasteiger charge is 2.12. The summed E-state index contributed by atoms with van der Waals surface area (Å²) in [6.07, 6.45) is 2.77. The van der Waals surface area contributed by atoms with Crippen molar-refractivity contribution in [3.8, 4) is 0 Å². The maximum absolute atomic E-state index is 11.7. The molecule has 0 heterocycles. The van der Waals surface area contributed by atoms with E-state index in [0.717, 1.165) is 29.4 Å². The first-order valence-corrected chi connectivity index (χ1v) is 6.24. The highest BCUT2D eigenvalue weighted by atomic mass is 79.9. The van der Waals surface area contributed by atoms with Gasteiger partial charge in [0.25, 0.3) is 0 Å². The lowest BCUT2D eigenvalue weighted by Crippen LogP contribution is -2.35. The van der Waals surface area contributed by atoms with Gasteiger partial charge in [0, 0.05) is 10.2 Å². The van der Waals surface area contributed by atoms with E-state index in [1.165, 1.54) is 0 Å². The Hall–Kier alpha value is -0.870. The Kier molecular flexibility index (Phi) is 5.49. The molecule has 1 atom stereocenters. The molecule has 0 unspecified atom stereocenters. The molecule has 0 aliphatic carbocycles. The van der Waals surface area contributed by atoms with Crippen LogP contribution in [0.15, 0.2) is 28.7 Å². The molecule has 4 heteroatoms. The maximum atomic E-state index is 11.7. The van der Waals surface area contributed by atoms with E-state index in [9.17, 15) is 4.79 Å². The second-order valence-corrected chi connectivity index (χ2v) is 4.66. The van der Waals surface area contributed by atoms with Crippen LogP contribution in [0.3, 0.4) is 0 Å². The number of carbonyl (C=O) groups excluding carboxylic acids is 1. The Labute approximate surface area is 105 Å². The summed E-state index contributed by atoms with van der Waals surface area (Å²) in [5, 5.41) is 2.80. The number of halogens is 1. The standard InChI is InChI=1S/C12H17BrN2O/c1-2-3-7-11(14)12(16)15-10-6-4-5-9(13)8-10/h4-6,8,11H,2-3,7,14H2,1H3,(H,15,16)/t11-/m0/s1. The fraction of sp³-hybridized carbons (Fsp3) is 0.417. The van der Waals surface area contributed by atoms with Crippen LogP contribution in [-0.4, -0.2) is 11.9 Å². The summed E-state index contributed by atoms with van der Waals surface area (Å²) >= 11 is 3.35. The molecule has 1 amide bonds. The monoisotopic (exact) mass is 284 g/mol. The van der Waals surface area contributed by atoms with Gasteiger partial charge in [0.05, 0.1) is 6.04 Å². The fourth-order valence-corrected chi connectivity index (χ4v) is 1.76. The van der Waals surface area contributed by atoms with Gasteiger partial charge in [0.2, 0.25) is 5.91 Å². The van der Waals surface area contributed by atoms with Crippen molar-refractivity contribution in [3.05, 3.63) is 28.7 Å². The SMILES string of the molecule is CCCC[C@H](N)C(=O)Nc1cccc(Br)c1. The molecular formula is C12H17BrN2O. The molecule has 0 bridgehead atoms. The van der Waals surface area contributed by atoms with E-state index in [-0.39, 0.29) is 5.91 Å². The predicted octanol–water partition coefficient (Wildman–Crippen LogP) is 2.91. The highest BCUT2D eigenvalue weighted by molar-refractivity contribution is 9.10. The largest absolute Gasteiger partial charge is 0.325 e. The molecule has 0 aliphatic heterocycles. The van der Waals surface area contributed by atoms with Crippen molar-refractivity contribution in [1.29, 1.82) is 0 Å². The summed E-state index contributed by atoms with van der Waals surface area (Å²) in [6.45, 7) is 2.08. The van der Waals surface area contributed by atoms with Crippen molar-refractivity contribution in [1.82, 2.24) is 0 Å². The van der Waals surface area contributed by atoms with Gasteiger partial charge in [-0.1, -0.05) is 41.8 Å². The summed E-state index contributed by atoms with van der Waals surface area (Å²) in [6, 6.07) is 7.06. The molecule has 0 aliphatic rings. The zero-order valence-electron chi connectivity index (χ0n) is 9.37. The molecule has 1 rings (SSSR count). The van der Waals surface area contributed by atoms with Crippen molar-refractivity contribution in [3.63, 3.8) is 0 Å². The first-order valence-electron chi connectivity index (χ1n) is 5.45. The molecule has 0 aromatic heterocycles. The van der Waals surface area contributed by atoms with Gasteiger partial charge in [0.15, 0.2) is 0 Å². The molecule has 3 N–H and O–H groups in total. The molecule has 0 spiro atoms. The van der Waals surface area contributed by atoms with Crippen LogP contribution >= 0.6 is 15.9 Å². The molecule has 1 aromatic rings. The van der Waals surface area contributed by atoms with E-state index in [4.69, 9.17) is 5.73 Å². The average Bonchev–Trinajstić information content (AvgIpc) is 2.25. The molecule has 16 heavy (non-hydrogen) atoms. The van der Waals surface area contributed by atoms with E-state index in [1.807, 2.05) is 24.3 Å². The van der Waals surface area contributed by atoms with Gasteiger partial charge in [-0.15, -0.1) is 0 Å². The zero-order valence-corrected chi connectivity index (χ0v) is 11.0. The van der Waals surface area contributed by atoms with Crippen molar-refractivity contribution in [2.24, 2.45) is 5.73 Å². The number of anilines is 1. The highest BCUT2D eigenvalue weighted by Crippen LogP contribution is 2.15. The Balaban J connectivity index is 2.50. The summed E-state index contributed by atoms with van der Waals surface area (Å²) in [4.78, 5) is 11.7. The zero-order chi connectivity index (χ0) is 12.0. The van der Waals surface area contributed by atoms with Crippen LogP contribution < -0.4 is 11.1 Å². The lowest BCUT2D eigenvalue weighted by atomic mass is 10.1. The third-order valence-electron chi connectivity index (χ3n) is 2.30. The molecule has 0 saturated heterocycles. The van der Waals surface area contributed by atoms with Crippen LogP contribution in [0.5, 0.6) is 0 Å². The van der Waals surface area contributed by atoms with E-state index < -0.39 is 6.04 Å². The van der Waals surface area contributed by atoms with Crippen LogP contribution in [0.25, 0.3) is 0 Å². The molecule has 0 fully saturated rings. The van der Waals surface area contributed by atoms with Gasteiger partial charge in [0.1, 0.15) is 0 Å². The number of nitrogens with two attached hydrogens (primary N) is 1. The summed E-state index contributed by atoms with van der Waals surface area (Å²) in [7, 11) is 0. The molecule has 88 valence electrons. The number of nitrogens with one attached hydrogen (secondary N) is 1. The minimum absolute atomic E-state index is 0.119. The normalized spacial score (nSPS) is 12.2. The van der Waals surface area contributed by atoms with Crippen LogP contribution in [0.2, 0.25) is 0 Å². The van der Waals surface area contributed by atoms with Crippen molar-refractivity contribution >= 4 is 27.5 Å².